The van der Waals surface area contributed by atoms with Crippen LogP contribution in [-0.2, 0) is 14.8 Å². The van der Waals surface area contributed by atoms with E-state index in [0.29, 0.717) is 23.7 Å². The van der Waals surface area contributed by atoms with E-state index in [-0.39, 0.29) is 4.21 Å². The fourth-order valence-electron chi connectivity index (χ4n) is 1.44. The molecule has 0 spiro atoms. The summed E-state index contributed by atoms with van der Waals surface area (Å²) in [5.41, 5.74) is 0.665. The number of hydrogen-bond donors (Lipinski definition) is 1. The fourth-order valence-corrected chi connectivity index (χ4v) is 3.44. The summed E-state index contributed by atoms with van der Waals surface area (Å²) in [4.78, 5) is 11.7. The van der Waals surface area contributed by atoms with E-state index in [9.17, 15) is 13.2 Å². The molecule has 5 nitrogen and oxygen atoms in total. The highest BCUT2D eigenvalue weighted by Crippen LogP contribution is 2.30. The summed E-state index contributed by atoms with van der Waals surface area (Å²) in [6.45, 7) is 1.97. The van der Waals surface area contributed by atoms with Crippen LogP contribution in [0.5, 0.6) is 0 Å². The van der Waals surface area contributed by atoms with Crippen LogP contribution in [0, 0.1) is 12.8 Å². The molecule has 1 heterocycles. The van der Waals surface area contributed by atoms with E-state index in [4.69, 9.17) is 9.88 Å². The Hall–Kier alpha value is -0.920. The van der Waals surface area contributed by atoms with Crippen molar-refractivity contribution in [3.05, 3.63) is 16.5 Å². The zero-order chi connectivity index (χ0) is 12.6. The van der Waals surface area contributed by atoms with Crippen molar-refractivity contribution in [1.82, 2.24) is 0 Å². The van der Waals surface area contributed by atoms with Gasteiger partial charge in [0, 0.05) is 5.38 Å². The monoisotopic (exact) mass is 275 g/mol. The molecule has 0 amide bonds. The highest BCUT2D eigenvalue weighted by atomic mass is 32.2. The predicted octanol–water partition coefficient (Wildman–Crippen LogP) is 1.27. The molecule has 1 aromatic heterocycles. The number of hydrogen-bond acceptors (Lipinski definition) is 5. The van der Waals surface area contributed by atoms with Crippen molar-refractivity contribution in [2.45, 2.75) is 24.0 Å². The number of sulfonamides is 1. The maximum absolute atomic E-state index is 11.7. The molecule has 0 saturated heterocycles. The summed E-state index contributed by atoms with van der Waals surface area (Å²) in [6.07, 6.45) is 2.19. The minimum atomic E-state index is -3.75. The van der Waals surface area contributed by atoms with E-state index < -0.39 is 16.0 Å². The number of primary sulfonamides is 1. The molecular weight excluding hydrogens is 262 g/mol. The molecule has 17 heavy (non-hydrogen) atoms. The van der Waals surface area contributed by atoms with E-state index in [0.717, 1.165) is 24.2 Å². The van der Waals surface area contributed by atoms with Crippen LogP contribution < -0.4 is 5.14 Å². The van der Waals surface area contributed by atoms with Crippen molar-refractivity contribution >= 4 is 27.3 Å². The second-order valence-electron chi connectivity index (χ2n) is 4.15. The topological polar surface area (TPSA) is 86.5 Å². The summed E-state index contributed by atoms with van der Waals surface area (Å²) in [6, 6.07) is 0. The van der Waals surface area contributed by atoms with Gasteiger partial charge in [0.05, 0.1) is 12.2 Å². The highest BCUT2D eigenvalue weighted by molar-refractivity contribution is 7.91. The SMILES string of the molecule is Cc1c(C(=O)OCC2CC2)csc1S(N)(=O)=O. The van der Waals surface area contributed by atoms with Gasteiger partial charge in [-0.25, -0.2) is 18.4 Å². The van der Waals surface area contributed by atoms with Crippen molar-refractivity contribution in [2.24, 2.45) is 11.1 Å². The van der Waals surface area contributed by atoms with Gasteiger partial charge in [0.15, 0.2) is 0 Å². The van der Waals surface area contributed by atoms with E-state index in [1.165, 1.54) is 5.38 Å². The summed E-state index contributed by atoms with van der Waals surface area (Å²) >= 11 is 0.948. The molecule has 0 bridgehead atoms. The quantitative estimate of drug-likeness (QED) is 0.838. The Balaban J connectivity index is 2.15. The van der Waals surface area contributed by atoms with Gasteiger partial charge < -0.3 is 4.74 Å². The van der Waals surface area contributed by atoms with Crippen LogP contribution in [0.2, 0.25) is 0 Å². The van der Waals surface area contributed by atoms with Gasteiger partial charge in [-0.05, 0) is 31.2 Å². The molecule has 0 aromatic carbocycles. The lowest BCUT2D eigenvalue weighted by Gasteiger charge is -2.03. The molecule has 1 fully saturated rings. The summed E-state index contributed by atoms with van der Waals surface area (Å²) < 4.78 is 27.5. The average molecular weight is 275 g/mol. The Bertz CT molecular complexity index is 543. The molecule has 2 N–H and O–H groups in total. The van der Waals surface area contributed by atoms with Crippen LogP contribution in [0.4, 0.5) is 0 Å². The van der Waals surface area contributed by atoms with E-state index >= 15 is 0 Å². The Morgan fingerprint density at radius 3 is 2.71 bits per heavy atom. The third-order valence-electron chi connectivity index (χ3n) is 2.62. The van der Waals surface area contributed by atoms with E-state index in [2.05, 4.69) is 0 Å². The van der Waals surface area contributed by atoms with E-state index in [1.807, 2.05) is 0 Å². The Kier molecular flexibility index (Phi) is 3.24. The summed E-state index contributed by atoms with van der Waals surface area (Å²) in [5, 5.41) is 6.51. The third-order valence-corrected chi connectivity index (χ3v) is 5.30. The lowest BCUT2D eigenvalue weighted by Crippen LogP contribution is -2.13. The number of nitrogens with two attached hydrogens (primary N) is 1. The molecule has 2 rings (SSSR count). The fraction of sp³-hybridized carbons (Fsp3) is 0.500. The van der Waals surface area contributed by atoms with Crippen LogP contribution >= 0.6 is 11.3 Å². The maximum atomic E-state index is 11.7. The van der Waals surface area contributed by atoms with Crippen molar-refractivity contribution in [3.63, 3.8) is 0 Å². The van der Waals surface area contributed by atoms with Crippen LogP contribution in [-0.4, -0.2) is 21.0 Å². The van der Waals surface area contributed by atoms with Crippen LogP contribution in [0.15, 0.2) is 9.59 Å². The molecular formula is C10H13NO4S2. The first-order chi connectivity index (χ1) is 7.89. The smallest absolute Gasteiger partial charge is 0.339 e. The number of carbonyl (C=O) groups excluding carboxylic acids is 1. The van der Waals surface area contributed by atoms with Gasteiger partial charge in [-0.1, -0.05) is 0 Å². The zero-order valence-corrected chi connectivity index (χ0v) is 10.9. The molecule has 1 aromatic rings. The minimum absolute atomic E-state index is 0.0240. The lowest BCUT2D eigenvalue weighted by molar-refractivity contribution is 0.0486. The molecule has 0 aliphatic heterocycles. The second-order valence-corrected chi connectivity index (χ2v) is 6.79. The predicted molar refractivity (Wildman–Crippen MR) is 63.4 cm³/mol. The van der Waals surface area contributed by atoms with Gasteiger partial charge in [-0.15, -0.1) is 11.3 Å². The molecule has 0 radical (unpaired) electrons. The van der Waals surface area contributed by atoms with Crippen molar-refractivity contribution < 1.29 is 17.9 Å². The Morgan fingerprint density at radius 2 is 2.24 bits per heavy atom. The molecule has 0 atom stereocenters. The normalized spacial score (nSPS) is 15.9. The van der Waals surface area contributed by atoms with Gasteiger partial charge >= 0.3 is 5.97 Å². The zero-order valence-electron chi connectivity index (χ0n) is 9.30. The van der Waals surface area contributed by atoms with E-state index in [1.54, 1.807) is 6.92 Å². The maximum Gasteiger partial charge on any atom is 0.339 e. The van der Waals surface area contributed by atoms with Crippen LogP contribution in [0.25, 0.3) is 0 Å². The Labute approximate surface area is 104 Å². The molecule has 1 aliphatic carbocycles. The van der Waals surface area contributed by atoms with Gasteiger partial charge in [0.1, 0.15) is 4.21 Å². The van der Waals surface area contributed by atoms with Crippen molar-refractivity contribution in [1.29, 1.82) is 0 Å². The molecule has 1 saturated carbocycles. The summed E-state index contributed by atoms with van der Waals surface area (Å²) in [7, 11) is -3.75. The number of rotatable bonds is 4. The average Bonchev–Trinajstić information content (AvgIpc) is 2.95. The highest BCUT2D eigenvalue weighted by Gasteiger charge is 2.25. The van der Waals surface area contributed by atoms with Gasteiger partial charge in [0.25, 0.3) is 0 Å². The number of esters is 1. The van der Waals surface area contributed by atoms with Gasteiger partial charge in [-0.3, -0.25) is 0 Å². The summed E-state index contributed by atoms with van der Waals surface area (Å²) in [5.74, 6) is 0.0103. The first-order valence-corrected chi connectivity index (χ1v) is 7.60. The molecule has 1 aliphatic rings. The van der Waals surface area contributed by atoms with Gasteiger partial charge in [0.2, 0.25) is 10.0 Å². The minimum Gasteiger partial charge on any atom is -0.462 e. The largest absolute Gasteiger partial charge is 0.462 e. The first kappa shape index (κ1) is 12.5. The first-order valence-electron chi connectivity index (χ1n) is 5.17. The standard InChI is InChI=1S/C10H13NO4S2/c1-6-8(5-16-10(6)17(11,13)14)9(12)15-4-7-2-3-7/h5,7H,2-4H2,1H3,(H2,11,13,14). The lowest BCUT2D eigenvalue weighted by atomic mass is 10.2. The number of thiophene rings is 1. The molecule has 94 valence electrons. The van der Waals surface area contributed by atoms with Crippen LogP contribution in [0.1, 0.15) is 28.8 Å². The number of ether oxygens (including phenoxy) is 1. The second kappa shape index (κ2) is 4.40. The molecule has 7 heteroatoms. The Morgan fingerprint density at radius 1 is 1.59 bits per heavy atom. The number of carbonyl (C=O) groups is 1. The third kappa shape index (κ3) is 2.85. The van der Waals surface area contributed by atoms with Crippen molar-refractivity contribution in [3.8, 4) is 0 Å². The van der Waals surface area contributed by atoms with Crippen LogP contribution in [0.3, 0.4) is 0 Å². The van der Waals surface area contributed by atoms with Gasteiger partial charge in [-0.2, -0.15) is 0 Å². The molecule has 0 unspecified atom stereocenters. The van der Waals surface area contributed by atoms with Crippen molar-refractivity contribution in [2.75, 3.05) is 6.61 Å².